The first-order chi connectivity index (χ1) is 8.54. The fourth-order valence-corrected chi connectivity index (χ4v) is 4.70. The predicted molar refractivity (Wildman–Crippen MR) is 68.0 cm³/mol. The summed E-state index contributed by atoms with van der Waals surface area (Å²) in [6, 6.07) is 7.26. The second-order valence-electron chi connectivity index (χ2n) is 5.16. The van der Waals surface area contributed by atoms with E-state index in [1.807, 2.05) is 12.1 Å². The molecule has 0 aromatic heterocycles. The van der Waals surface area contributed by atoms with E-state index in [-0.39, 0.29) is 11.8 Å². The van der Waals surface area contributed by atoms with Crippen LogP contribution in [-0.2, 0) is 20.2 Å². The molecule has 2 heterocycles. The fourth-order valence-electron chi connectivity index (χ4n) is 3.01. The zero-order valence-corrected chi connectivity index (χ0v) is 10.9. The van der Waals surface area contributed by atoms with Gasteiger partial charge in [0.2, 0.25) is 0 Å². The third-order valence-electron chi connectivity index (χ3n) is 3.95. The molecule has 0 radical (unpaired) electrons. The molecular formula is C13H17NO3S. The molecule has 1 fully saturated rings. The van der Waals surface area contributed by atoms with Crippen molar-refractivity contribution in [1.82, 2.24) is 0 Å². The molecule has 2 atom stereocenters. The summed E-state index contributed by atoms with van der Waals surface area (Å²) in [5, 5.41) is 0. The Morgan fingerprint density at radius 2 is 2.11 bits per heavy atom. The molecule has 18 heavy (non-hydrogen) atoms. The number of hydrogen-bond acceptors (Lipinski definition) is 4. The lowest BCUT2D eigenvalue weighted by atomic mass is 9.82. The highest BCUT2D eigenvalue weighted by Crippen LogP contribution is 2.44. The summed E-state index contributed by atoms with van der Waals surface area (Å²) < 4.78 is 30.1. The topological polar surface area (TPSA) is 69.4 Å². The van der Waals surface area contributed by atoms with Crippen LogP contribution in [0.2, 0.25) is 0 Å². The third kappa shape index (κ3) is 1.77. The van der Waals surface area contributed by atoms with Crippen LogP contribution in [-0.4, -0.2) is 26.8 Å². The molecule has 1 aromatic carbocycles. The summed E-state index contributed by atoms with van der Waals surface area (Å²) in [5.74, 6) is 0.150. The summed E-state index contributed by atoms with van der Waals surface area (Å²) in [5.41, 5.74) is 6.35. The Hall–Kier alpha value is -0.910. The van der Waals surface area contributed by atoms with Crippen molar-refractivity contribution in [3.05, 3.63) is 29.8 Å². The normalized spacial score (nSPS) is 34.2. The number of hydrogen-bond donors (Lipinski definition) is 1. The number of rotatable bonds is 0. The second kappa shape index (κ2) is 4.05. The van der Waals surface area contributed by atoms with Gasteiger partial charge in [-0.25, -0.2) is 8.42 Å². The van der Waals surface area contributed by atoms with Gasteiger partial charge in [-0.15, -0.1) is 0 Å². The Balaban J connectivity index is 2.15. The van der Waals surface area contributed by atoms with E-state index in [2.05, 4.69) is 0 Å². The molecule has 5 heteroatoms. The lowest BCUT2D eigenvalue weighted by Gasteiger charge is -2.43. The Morgan fingerprint density at radius 1 is 1.33 bits per heavy atom. The Kier molecular flexibility index (Phi) is 2.73. The van der Waals surface area contributed by atoms with E-state index >= 15 is 0 Å². The SMILES string of the molecule is NC1CCOC2(CCS(=O)(=O)c3ccccc32)C1. The maximum atomic E-state index is 12.1. The minimum atomic E-state index is -3.16. The highest BCUT2D eigenvalue weighted by molar-refractivity contribution is 7.91. The fraction of sp³-hybridized carbons (Fsp3) is 0.538. The molecule has 2 aliphatic heterocycles. The predicted octanol–water partition coefficient (Wildman–Crippen LogP) is 1.20. The third-order valence-corrected chi connectivity index (χ3v) is 5.71. The summed E-state index contributed by atoms with van der Waals surface area (Å²) >= 11 is 0. The average molecular weight is 267 g/mol. The lowest BCUT2D eigenvalue weighted by Crippen LogP contribution is -2.46. The zero-order valence-electron chi connectivity index (χ0n) is 10.1. The number of sulfone groups is 1. The molecule has 3 rings (SSSR count). The summed E-state index contributed by atoms with van der Waals surface area (Å²) in [7, 11) is -3.16. The van der Waals surface area contributed by atoms with Crippen molar-refractivity contribution in [3.8, 4) is 0 Å². The van der Waals surface area contributed by atoms with Gasteiger partial charge in [0.05, 0.1) is 16.2 Å². The van der Waals surface area contributed by atoms with Crippen molar-refractivity contribution >= 4 is 9.84 Å². The van der Waals surface area contributed by atoms with Gasteiger partial charge in [-0.1, -0.05) is 18.2 Å². The summed E-state index contributed by atoms with van der Waals surface area (Å²) in [6.45, 7) is 0.607. The van der Waals surface area contributed by atoms with Crippen molar-refractivity contribution in [2.45, 2.75) is 35.8 Å². The second-order valence-corrected chi connectivity index (χ2v) is 7.24. The Morgan fingerprint density at radius 3 is 2.89 bits per heavy atom. The maximum Gasteiger partial charge on any atom is 0.178 e. The molecule has 0 bridgehead atoms. The Bertz CT molecular complexity index is 569. The van der Waals surface area contributed by atoms with Gasteiger partial charge >= 0.3 is 0 Å². The smallest absolute Gasteiger partial charge is 0.178 e. The number of fused-ring (bicyclic) bond motifs is 2. The first-order valence-electron chi connectivity index (χ1n) is 6.25. The van der Waals surface area contributed by atoms with Crippen LogP contribution < -0.4 is 5.73 Å². The van der Waals surface area contributed by atoms with Crippen LogP contribution >= 0.6 is 0 Å². The van der Waals surface area contributed by atoms with Gasteiger partial charge in [-0.2, -0.15) is 0 Å². The number of benzene rings is 1. The van der Waals surface area contributed by atoms with Gasteiger partial charge in [-0.05, 0) is 25.3 Å². The van der Waals surface area contributed by atoms with Gasteiger partial charge in [-0.3, -0.25) is 0 Å². The van der Waals surface area contributed by atoms with Crippen LogP contribution in [0.4, 0.5) is 0 Å². The largest absolute Gasteiger partial charge is 0.370 e. The van der Waals surface area contributed by atoms with E-state index in [1.165, 1.54) is 0 Å². The molecule has 2 unspecified atom stereocenters. The van der Waals surface area contributed by atoms with Crippen molar-refractivity contribution in [2.24, 2.45) is 5.73 Å². The molecule has 1 aromatic rings. The average Bonchev–Trinajstić information content (AvgIpc) is 2.36. The quantitative estimate of drug-likeness (QED) is 0.766. The molecular weight excluding hydrogens is 250 g/mol. The van der Waals surface area contributed by atoms with E-state index in [1.54, 1.807) is 12.1 Å². The maximum absolute atomic E-state index is 12.1. The standard InChI is InChI=1S/C13H17NO3S/c14-10-5-7-17-13(9-10)6-8-18(15,16)12-4-2-1-3-11(12)13/h1-4,10H,5-9,14H2. The lowest BCUT2D eigenvalue weighted by molar-refractivity contribution is -0.0951. The van der Waals surface area contributed by atoms with Gasteiger partial charge in [0.25, 0.3) is 0 Å². The molecule has 4 nitrogen and oxygen atoms in total. The molecule has 1 spiro atoms. The monoisotopic (exact) mass is 267 g/mol. The van der Waals surface area contributed by atoms with Crippen LogP contribution in [0.3, 0.4) is 0 Å². The van der Waals surface area contributed by atoms with Gasteiger partial charge < -0.3 is 10.5 Å². The van der Waals surface area contributed by atoms with E-state index in [0.29, 0.717) is 24.3 Å². The first-order valence-corrected chi connectivity index (χ1v) is 7.91. The number of ether oxygens (including phenoxy) is 1. The molecule has 0 amide bonds. The minimum absolute atomic E-state index is 0.0904. The van der Waals surface area contributed by atoms with E-state index in [9.17, 15) is 8.42 Å². The molecule has 2 aliphatic rings. The van der Waals surface area contributed by atoms with Crippen LogP contribution in [0.1, 0.15) is 24.8 Å². The van der Waals surface area contributed by atoms with E-state index < -0.39 is 15.4 Å². The Labute approximate surface area is 107 Å². The van der Waals surface area contributed by atoms with Crippen molar-refractivity contribution in [3.63, 3.8) is 0 Å². The summed E-state index contributed by atoms with van der Waals surface area (Å²) in [6.07, 6.45) is 2.07. The molecule has 1 saturated heterocycles. The van der Waals surface area contributed by atoms with Crippen molar-refractivity contribution in [2.75, 3.05) is 12.4 Å². The van der Waals surface area contributed by atoms with E-state index in [0.717, 1.165) is 12.0 Å². The van der Waals surface area contributed by atoms with Crippen LogP contribution in [0, 0.1) is 0 Å². The van der Waals surface area contributed by atoms with Crippen LogP contribution in [0.5, 0.6) is 0 Å². The molecule has 98 valence electrons. The summed E-state index contributed by atoms with van der Waals surface area (Å²) in [4.78, 5) is 0.422. The van der Waals surface area contributed by atoms with Gasteiger partial charge in [0, 0.05) is 18.2 Å². The van der Waals surface area contributed by atoms with Crippen molar-refractivity contribution in [1.29, 1.82) is 0 Å². The first kappa shape index (κ1) is 12.1. The zero-order chi connectivity index (χ0) is 12.8. The molecule has 0 saturated carbocycles. The number of nitrogens with two attached hydrogens (primary N) is 1. The van der Waals surface area contributed by atoms with Crippen LogP contribution in [0.25, 0.3) is 0 Å². The van der Waals surface area contributed by atoms with E-state index in [4.69, 9.17) is 10.5 Å². The van der Waals surface area contributed by atoms with Crippen LogP contribution in [0.15, 0.2) is 29.2 Å². The molecule has 0 aliphatic carbocycles. The van der Waals surface area contributed by atoms with Crippen molar-refractivity contribution < 1.29 is 13.2 Å². The highest BCUT2D eigenvalue weighted by Gasteiger charge is 2.45. The van der Waals surface area contributed by atoms with Gasteiger partial charge in [0.1, 0.15) is 0 Å². The molecule has 2 N–H and O–H groups in total. The van der Waals surface area contributed by atoms with Gasteiger partial charge in [0.15, 0.2) is 9.84 Å². The minimum Gasteiger partial charge on any atom is -0.370 e. The highest BCUT2D eigenvalue weighted by atomic mass is 32.2.